The summed E-state index contributed by atoms with van der Waals surface area (Å²) in [6.45, 7) is 8.72. The monoisotopic (exact) mass is 362 g/mol. The summed E-state index contributed by atoms with van der Waals surface area (Å²) < 4.78 is 5.87. The van der Waals surface area contributed by atoms with Crippen molar-refractivity contribution in [1.29, 1.82) is 0 Å². The smallest absolute Gasteiger partial charge is 0.143 e. The van der Waals surface area contributed by atoms with E-state index in [1.165, 1.54) is 11.1 Å². The zero-order valence-electron chi connectivity index (χ0n) is 16.3. The van der Waals surface area contributed by atoms with Crippen LogP contribution < -0.4 is 15.4 Å². The molecule has 0 aliphatic rings. The summed E-state index contributed by atoms with van der Waals surface area (Å²) in [5.74, 6) is 3.02. The van der Waals surface area contributed by atoms with Crippen molar-refractivity contribution in [3.05, 3.63) is 71.5 Å². The summed E-state index contributed by atoms with van der Waals surface area (Å²) in [6.07, 6.45) is 0.103. The second-order valence-electron chi connectivity index (χ2n) is 6.82. The van der Waals surface area contributed by atoms with Crippen LogP contribution in [0.25, 0.3) is 0 Å². The zero-order chi connectivity index (χ0) is 19.2. The number of benzene rings is 2. The lowest BCUT2D eigenvalue weighted by Crippen LogP contribution is -2.08. The van der Waals surface area contributed by atoms with Gasteiger partial charge in [0.25, 0.3) is 0 Å². The van der Waals surface area contributed by atoms with Crippen LogP contribution in [0.2, 0.25) is 0 Å². The number of anilines is 3. The van der Waals surface area contributed by atoms with Gasteiger partial charge in [0.2, 0.25) is 0 Å². The van der Waals surface area contributed by atoms with E-state index in [1.807, 2.05) is 51.1 Å². The Kier molecular flexibility index (Phi) is 5.91. The van der Waals surface area contributed by atoms with Crippen LogP contribution in [0.4, 0.5) is 17.3 Å². The van der Waals surface area contributed by atoms with Crippen molar-refractivity contribution in [2.75, 3.05) is 10.6 Å². The fourth-order valence-electron chi connectivity index (χ4n) is 2.80. The highest BCUT2D eigenvalue weighted by Gasteiger charge is 2.08. The molecule has 0 saturated carbocycles. The first kappa shape index (κ1) is 18.7. The Morgan fingerprint density at radius 3 is 2.48 bits per heavy atom. The summed E-state index contributed by atoms with van der Waals surface area (Å²) in [4.78, 5) is 8.99. The largest absolute Gasteiger partial charge is 0.489 e. The van der Waals surface area contributed by atoms with E-state index in [2.05, 4.69) is 51.8 Å². The van der Waals surface area contributed by atoms with Crippen LogP contribution in [-0.4, -0.2) is 16.1 Å². The van der Waals surface area contributed by atoms with E-state index in [0.29, 0.717) is 12.4 Å². The predicted molar refractivity (Wildman–Crippen MR) is 111 cm³/mol. The zero-order valence-corrected chi connectivity index (χ0v) is 16.3. The van der Waals surface area contributed by atoms with Crippen molar-refractivity contribution < 1.29 is 4.74 Å². The molecule has 0 spiro atoms. The topological polar surface area (TPSA) is 59.1 Å². The minimum atomic E-state index is 0.103. The van der Waals surface area contributed by atoms with Crippen LogP contribution in [0.1, 0.15) is 30.8 Å². The maximum absolute atomic E-state index is 5.87. The molecule has 1 aromatic heterocycles. The molecule has 2 aromatic carbocycles. The first-order valence-electron chi connectivity index (χ1n) is 9.17. The molecular weight excluding hydrogens is 336 g/mol. The van der Waals surface area contributed by atoms with Gasteiger partial charge in [0.15, 0.2) is 0 Å². The van der Waals surface area contributed by atoms with Crippen LogP contribution in [0.3, 0.4) is 0 Å². The molecule has 0 atom stereocenters. The number of hydrogen-bond donors (Lipinski definition) is 2. The minimum absolute atomic E-state index is 0.103. The molecule has 140 valence electrons. The molecule has 2 N–H and O–H groups in total. The standard InChI is InChI=1S/C22H26N4O/c1-15(2)27-20-11-6-5-10-19(20)26-22-13-21(24-17(4)25-22)23-14-18-9-7-8-16(3)12-18/h5-13,15H,14H2,1-4H3,(H2,23,24,25,26). The van der Waals surface area contributed by atoms with Crippen molar-refractivity contribution >= 4 is 17.3 Å². The van der Waals surface area contributed by atoms with Crippen LogP contribution in [0, 0.1) is 13.8 Å². The van der Waals surface area contributed by atoms with Gasteiger partial charge in [-0.1, -0.05) is 42.0 Å². The average Bonchev–Trinajstić information content (AvgIpc) is 2.61. The van der Waals surface area contributed by atoms with Crippen LogP contribution >= 0.6 is 0 Å². The lowest BCUT2D eigenvalue weighted by atomic mass is 10.1. The molecule has 0 aliphatic carbocycles. The number of hydrogen-bond acceptors (Lipinski definition) is 5. The molecule has 1 heterocycles. The first-order valence-corrected chi connectivity index (χ1v) is 9.17. The van der Waals surface area contributed by atoms with Gasteiger partial charge < -0.3 is 15.4 Å². The van der Waals surface area contributed by atoms with Gasteiger partial charge in [-0.15, -0.1) is 0 Å². The van der Waals surface area contributed by atoms with Gasteiger partial charge in [0.1, 0.15) is 23.2 Å². The molecule has 0 radical (unpaired) electrons. The third-order valence-electron chi connectivity index (χ3n) is 3.91. The van der Waals surface area contributed by atoms with Gasteiger partial charge in [-0.05, 0) is 45.4 Å². The van der Waals surface area contributed by atoms with Crippen molar-refractivity contribution in [3.8, 4) is 5.75 Å². The fourth-order valence-corrected chi connectivity index (χ4v) is 2.80. The Morgan fingerprint density at radius 2 is 1.70 bits per heavy atom. The van der Waals surface area contributed by atoms with E-state index in [1.54, 1.807) is 0 Å². The van der Waals surface area contributed by atoms with Gasteiger partial charge in [-0.25, -0.2) is 9.97 Å². The lowest BCUT2D eigenvalue weighted by molar-refractivity contribution is 0.244. The number of para-hydroxylation sites is 2. The molecule has 0 aliphatic heterocycles. The van der Waals surface area contributed by atoms with E-state index >= 15 is 0 Å². The average molecular weight is 362 g/mol. The van der Waals surface area contributed by atoms with E-state index in [0.717, 1.165) is 23.1 Å². The van der Waals surface area contributed by atoms with Crippen LogP contribution in [-0.2, 0) is 6.54 Å². The molecule has 27 heavy (non-hydrogen) atoms. The number of aromatic nitrogens is 2. The highest BCUT2D eigenvalue weighted by molar-refractivity contribution is 5.65. The SMILES string of the molecule is Cc1cccc(CNc2cc(Nc3ccccc3OC(C)C)nc(C)n2)c1. The normalized spacial score (nSPS) is 10.7. The van der Waals surface area contributed by atoms with Gasteiger partial charge in [0, 0.05) is 12.6 Å². The van der Waals surface area contributed by atoms with Crippen molar-refractivity contribution in [3.63, 3.8) is 0 Å². The Balaban J connectivity index is 1.76. The molecule has 3 rings (SSSR count). The highest BCUT2D eigenvalue weighted by atomic mass is 16.5. The molecule has 0 amide bonds. The number of ether oxygens (including phenoxy) is 1. The fraction of sp³-hybridized carbons (Fsp3) is 0.273. The summed E-state index contributed by atoms with van der Waals surface area (Å²) in [6, 6.07) is 18.2. The van der Waals surface area contributed by atoms with Crippen LogP contribution in [0.5, 0.6) is 5.75 Å². The Hall–Kier alpha value is -3.08. The maximum Gasteiger partial charge on any atom is 0.143 e. The van der Waals surface area contributed by atoms with E-state index in [-0.39, 0.29) is 6.10 Å². The quantitative estimate of drug-likeness (QED) is 0.602. The first-order chi connectivity index (χ1) is 13.0. The number of aryl methyl sites for hydroxylation is 2. The summed E-state index contributed by atoms with van der Waals surface area (Å²) in [5.41, 5.74) is 3.35. The van der Waals surface area contributed by atoms with E-state index < -0.39 is 0 Å². The van der Waals surface area contributed by atoms with E-state index in [4.69, 9.17) is 4.74 Å². The van der Waals surface area contributed by atoms with Crippen molar-refractivity contribution in [2.24, 2.45) is 0 Å². The minimum Gasteiger partial charge on any atom is -0.489 e. The van der Waals surface area contributed by atoms with Gasteiger partial charge in [-0.2, -0.15) is 0 Å². The molecule has 3 aromatic rings. The Morgan fingerprint density at radius 1 is 0.926 bits per heavy atom. The molecular formula is C22H26N4O. The third-order valence-corrected chi connectivity index (χ3v) is 3.91. The summed E-state index contributed by atoms with van der Waals surface area (Å²) in [7, 11) is 0. The predicted octanol–water partition coefficient (Wildman–Crippen LogP) is 5.24. The van der Waals surface area contributed by atoms with Gasteiger partial charge >= 0.3 is 0 Å². The van der Waals surface area contributed by atoms with Gasteiger partial charge in [0.05, 0.1) is 11.8 Å². The maximum atomic E-state index is 5.87. The summed E-state index contributed by atoms with van der Waals surface area (Å²) in [5, 5.41) is 6.73. The molecule has 5 nitrogen and oxygen atoms in total. The molecule has 0 fully saturated rings. The van der Waals surface area contributed by atoms with Crippen LogP contribution in [0.15, 0.2) is 54.6 Å². The lowest BCUT2D eigenvalue weighted by Gasteiger charge is -2.16. The molecule has 0 unspecified atom stereocenters. The molecule has 0 saturated heterocycles. The second kappa shape index (κ2) is 8.54. The van der Waals surface area contributed by atoms with Crippen molar-refractivity contribution in [2.45, 2.75) is 40.3 Å². The number of nitrogens with zero attached hydrogens (tertiary/aromatic N) is 2. The third kappa shape index (κ3) is 5.45. The highest BCUT2D eigenvalue weighted by Crippen LogP contribution is 2.28. The van der Waals surface area contributed by atoms with Crippen molar-refractivity contribution in [1.82, 2.24) is 9.97 Å². The number of rotatable bonds is 7. The molecule has 5 heteroatoms. The van der Waals surface area contributed by atoms with Gasteiger partial charge in [-0.3, -0.25) is 0 Å². The second-order valence-corrected chi connectivity index (χ2v) is 6.82. The number of nitrogens with one attached hydrogen (secondary N) is 2. The van der Waals surface area contributed by atoms with E-state index in [9.17, 15) is 0 Å². The Labute approximate surface area is 160 Å². The Bertz CT molecular complexity index is 908. The molecule has 0 bridgehead atoms. The summed E-state index contributed by atoms with van der Waals surface area (Å²) >= 11 is 0.